The molecule has 1 saturated carbocycles. The van der Waals surface area contributed by atoms with Crippen LogP contribution in [0.4, 0.5) is 0 Å². The maximum Gasteiger partial charge on any atom is 0.194 e. The Hall–Kier alpha value is -0.810. The summed E-state index contributed by atoms with van der Waals surface area (Å²) in [5.74, 6) is 2.83. The van der Waals surface area contributed by atoms with E-state index in [9.17, 15) is 0 Å². The van der Waals surface area contributed by atoms with Crippen LogP contribution in [-0.4, -0.2) is 74.3 Å². The Morgan fingerprint density at radius 1 is 1.22 bits per heavy atom. The van der Waals surface area contributed by atoms with Crippen LogP contribution in [0.2, 0.25) is 0 Å². The fraction of sp³-hybridized carbons (Fsp3) is 0.944. The van der Waals surface area contributed by atoms with Gasteiger partial charge < -0.3 is 15.0 Å². The molecule has 5 nitrogen and oxygen atoms in total. The van der Waals surface area contributed by atoms with Gasteiger partial charge in [-0.1, -0.05) is 13.3 Å². The number of rotatable bonds is 6. The molecule has 1 N–H and O–H groups in total. The molecular weight excluding hydrogens is 288 g/mol. The first-order valence-corrected chi connectivity index (χ1v) is 9.66. The third-order valence-corrected chi connectivity index (χ3v) is 5.41. The second-order valence-corrected chi connectivity index (χ2v) is 7.35. The smallest absolute Gasteiger partial charge is 0.194 e. The van der Waals surface area contributed by atoms with Gasteiger partial charge in [-0.25, -0.2) is 0 Å². The highest BCUT2D eigenvalue weighted by atomic mass is 16.5. The van der Waals surface area contributed by atoms with Gasteiger partial charge in [0.15, 0.2) is 5.96 Å². The SMILES string of the molecule is CCCC1CC1NC(=NCC)N1CCC(CN2CCOCC2)C1. The lowest BCUT2D eigenvalue weighted by Gasteiger charge is -2.29. The summed E-state index contributed by atoms with van der Waals surface area (Å²) in [4.78, 5) is 9.83. The topological polar surface area (TPSA) is 40.1 Å². The van der Waals surface area contributed by atoms with Crippen molar-refractivity contribution in [2.75, 3.05) is 52.5 Å². The Kier molecular flexibility index (Phi) is 6.17. The van der Waals surface area contributed by atoms with Crippen LogP contribution in [0.1, 0.15) is 39.5 Å². The maximum absolute atomic E-state index is 5.45. The van der Waals surface area contributed by atoms with Crippen LogP contribution in [0.25, 0.3) is 0 Å². The van der Waals surface area contributed by atoms with Crippen molar-refractivity contribution in [2.24, 2.45) is 16.8 Å². The maximum atomic E-state index is 5.45. The van der Waals surface area contributed by atoms with Gasteiger partial charge in [0.25, 0.3) is 0 Å². The molecular formula is C18H34N4O. The second kappa shape index (κ2) is 8.34. The average Bonchev–Trinajstić information content (AvgIpc) is 3.12. The number of nitrogens with zero attached hydrogens (tertiary/aromatic N) is 3. The van der Waals surface area contributed by atoms with Crippen LogP contribution in [0.3, 0.4) is 0 Å². The monoisotopic (exact) mass is 322 g/mol. The minimum absolute atomic E-state index is 0.679. The van der Waals surface area contributed by atoms with E-state index in [1.54, 1.807) is 0 Å². The zero-order valence-corrected chi connectivity index (χ0v) is 15.0. The van der Waals surface area contributed by atoms with Gasteiger partial charge in [-0.15, -0.1) is 0 Å². The summed E-state index contributed by atoms with van der Waals surface area (Å²) >= 11 is 0. The third-order valence-electron chi connectivity index (χ3n) is 5.41. The van der Waals surface area contributed by atoms with Gasteiger partial charge in [0.1, 0.15) is 0 Å². The standard InChI is InChI=1S/C18H34N4O/c1-3-5-16-12-17(16)20-18(19-4-2)22-7-6-15(14-22)13-21-8-10-23-11-9-21/h15-17H,3-14H2,1-2H3,(H,19,20). The van der Waals surface area contributed by atoms with E-state index in [-0.39, 0.29) is 0 Å². The molecule has 3 unspecified atom stereocenters. The summed E-state index contributed by atoms with van der Waals surface area (Å²) in [6.07, 6.45) is 5.29. The number of ether oxygens (including phenoxy) is 1. The molecule has 132 valence electrons. The van der Waals surface area contributed by atoms with Crippen LogP contribution in [-0.2, 0) is 4.74 Å². The first kappa shape index (κ1) is 17.0. The summed E-state index contributed by atoms with van der Waals surface area (Å²) < 4.78 is 5.45. The molecule has 23 heavy (non-hydrogen) atoms. The lowest BCUT2D eigenvalue weighted by atomic mass is 10.1. The van der Waals surface area contributed by atoms with E-state index in [0.717, 1.165) is 57.8 Å². The summed E-state index contributed by atoms with van der Waals surface area (Å²) in [6, 6.07) is 0.679. The van der Waals surface area contributed by atoms with Crippen LogP contribution < -0.4 is 5.32 Å². The number of hydrogen-bond acceptors (Lipinski definition) is 3. The molecule has 0 aromatic heterocycles. The number of hydrogen-bond donors (Lipinski definition) is 1. The fourth-order valence-electron chi connectivity index (χ4n) is 3.99. The van der Waals surface area contributed by atoms with E-state index >= 15 is 0 Å². The first-order valence-electron chi connectivity index (χ1n) is 9.66. The Balaban J connectivity index is 1.46. The van der Waals surface area contributed by atoms with Gasteiger partial charge in [-0.3, -0.25) is 9.89 Å². The van der Waals surface area contributed by atoms with E-state index in [1.165, 1.54) is 38.2 Å². The van der Waals surface area contributed by atoms with Gasteiger partial charge in [-0.2, -0.15) is 0 Å². The zero-order chi connectivity index (χ0) is 16.1. The Bertz CT molecular complexity index is 394. The molecule has 3 atom stereocenters. The molecule has 0 bridgehead atoms. The number of aliphatic imine (C=N–C) groups is 1. The third kappa shape index (κ3) is 4.83. The van der Waals surface area contributed by atoms with Crippen molar-refractivity contribution in [3.8, 4) is 0 Å². The summed E-state index contributed by atoms with van der Waals surface area (Å²) in [5.41, 5.74) is 0. The van der Waals surface area contributed by atoms with Crippen molar-refractivity contribution < 1.29 is 4.74 Å². The molecule has 0 spiro atoms. The Labute approximate surface area is 141 Å². The van der Waals surface area contributed by atoms with Gasteiger partial charge >= 0.3 is 0 Å². The van der Waals surface area contributed by atoms with Crippen molar-refractivity contribution in [2.45, 2.75) is 45.6 Å². The normalized spacial score (nSPS) is 32.3. The van der Waals surface area contributed by atoms with Gasteiger partial charge in [-0.05, 0) is 38.0 Å². The minimum atomic E-state index is 0.679. The number of nitrogens with one attached hydrogen (secondary N) is 1. The van der Waals surface area contributed by atoms with Crippen LogP contribution in [0.5, 0.6) is 0 Å². The lowest BCUT2D eigenvalue weighted by Crippen LogP contribution is -2.43. The number of likely N-dealkylation sites (tertiary alicyclic amines) is 1. The Morgan fingerprint density at radius 3 is 2.78 bits per heavy atom. The zero-order valence-electron chi connectivity index (χ0n) is 15.0. The highest BCUT2D eigenvalue weighted by Crippen LogP contribution is 2.34. The largest absolute Gasteiger partial charge is 0.379 e. The molecule has 0 aromatic carbocycles. The van der Waals surface area contributed by atoms with Crippen molar-refractivity contribution in [1.29, 1.82) is 0 Å². The molecule has 1 aliphatic carbocycles. The molecule has 3 rings (SSSR count). The van der Waals surface area contributed by atoms with Crippen molar-refractivity contribution in [3.05, 3.63) is 0 Å². The van der Waals surface area contributed by atoms with Crippen LogP contribution >= 0.6 is 0 Å². The van der Waals surface area contributed by atoms with Crippen LogP contribution in [0.15, 0.2) is 4.99 Å². The minimum Gasteiger partial charge on any atom is -0.379 e. The average molecular weight is 322 g/mol. The van der Waals surface area contributed by atoms with Crippen LogP contribution in [0, 0.1) is 11.8 Å². The van der Waals surface area contributed by atoms with Gasteiger partial charge in [0.05, 0.1) is 13.2 Å². The molecule has 0 amide bonds. The van der Waals surface area contributed by atoms with E-state index in [2.05, 4.69) is 29.0 Å². The summed E-state index contributed by atoms with van der Waals surface area (Å²) in [7, 11) is 0. The van der Waals surface area contributed by atoms with E-state index in [4.69, 9.17) is 9.73 Å². The number of guanidine groups is 1. The molecule has 0 radical (unpaired) electrons. The molecule has 0 aromatic rings. The van der Waals surface area contributed by atoms with E-state index in [1.807, 2.05) is 0 Å². The lowest BCUT2D eigenvalue weighted by molar-refractivity contribution is 0.0315. The van der Waals surface area contributed by atoms with Crippen molar-refractivity contribution in [1.82, 2.24) is 15.1 Å². The van der Waals surface area contributed by atoms with E-state index < -0.39 is 0 Å². The van der Waals surface area contributed by atoms with Gasteiger partial charge in [0, 0.05) is 45.3 Å². The first-order chi connectivity index (χ1) is 11.3. The fourth-order valence-corrected chi connectivity index (χ4v) is 3.99. The van der Waals surface area contributed by atoms with Gasteiger partial charge in [0.2, 0.25) is 0 Å². The predicted octanol–water partition coefficient (Wildman–Crippen LogP) is 1.79. The molecule has 2 heterocycles. The van der Waals surface area contributed by atoms with Crippen molar-refractivity contribution in [3.63, 3.8) is 0 Å². The highest BCUT2D eigenvalue weighted by Gasteiger charge is 2.38. The summed E-state index contributed by atoms with van der Waals surface area (Å²) in [6.45, 7) is 12.9. The Morgan fingerprint density at radius 2 is 2.04 bits per heavy atom. The molecule has 2 saturated heterocycles. The summed E-state index contributed by atoms with van der Waals surface area (Å²) in [5, 5.41) is 3.74. The second-order valence-electron chi connectivity index (χ2n) is 7.35. The quantitative estimate of drug-likeness (QED) is 0.598. The predicted molar refractivity (Wildman–Crippen MR) is 94.9 cm³/mol. The molecule has 3 fully saturated rings. The van der Waals surface area contributed by atoms with E-state index in [0.29, 0.717) is 6.04 Å². The molecule has 2 aliphatic heterocycles. The molecule has 3 aliphatic rings. The number of morpholine rings is 1. The van der Waals surface area contributed by atoms with Crippen molar-refractivity contribution >= 4 is 5.96 Å². The highest BCUT2D eigenvalue weighted by molar-refractivity contribution is 5.81. The molecule has 5 heteroatoms.